The van der Waals surface area contributed by atoms with Gasteiger partial charge in [0, 0.05) is 6.26 Å². The molecule has 31 heavy (non-hydrogen) atoms. The Hall–Kier alpha value is -2.50. The molecule has 0 unspecified atom stereocenters. The molecule has 0 aliphatic rings. The molecular formula is C19H16ClF4N3O3S. The largest absolute Gasteiger partial charge is 0.433 e. The highest BCUT2D eigenvalue weighted by Crippen LogP contribution is 2.31. The summed E-state index contributed by atoms with van der Waals surface area (Å²) < 4.78 is 81.9. The van der Waals surface area contributed by atoms with Gasteiger partial charge in [-0.3, -0.25) is 0 Å². The molecule has 12 heteroatoms. The van der Waals surface area contributed by atoms with Gasteiger partial charge < -0.3 is 9.72 Å². The minimum Gasteiger partial charge on any atom is -0.359 e. The zero-order valence-corrected chi connectivity index (χ0v) is 17.7. The first-order valence-corrected chi connectivity index (χ1v) is 11.0. The van der Waals surface area contributed by atoms with Crippen molar-refractivity contribution in [3.05, 3.63) is 75.7 Å². The van der Waals surface area contributed by atoms with E-state index in [4.69, 9.17) is 16.3 Å². The molecule has 0 aliphatic carbocycles. The van der Waals surface area contributed by atoms with Crippen molar-refractivity contribution < 1.29 is 30.7 Å². The molecule has 0 radical (unpaired) electrons. The second-order valence-electron chi connectivity index (χ2n) is 6.70. The van der Waals surface area contributed by atoms with Crippen molar-refractivity contribution in [3.8, 4) is 0 Å². The summed E-state index contributed by atoms with van der Waals surface area (Å²) in [6, 6.07) is 7.07. The average Bonchev–Trinajstić information content (AvgIpc) is 3.06. The molecular weight excluding hydrogens is 462 g/mol. The third-order valence-corrected chi connectivity index (χ3v) is 5.59. The van der Waals surface area contributed by atoms with E-state index in [1.165, 1.54) is 31.2 Å². The molecule has 0 amide bonds. The Bertz CT molecular complexity index is 1210. The molecule has 2 heterocycles. The first kappa shape index (κ1) is 23.2. The van der Waals surface area contributed by atoms with Crippen molar-refractivity contribution in [1.29, 1.82) is 0 Å². The van der Waals surface area contributed by atoms with Gasteiger partial charge in [-0.05, 0) is 36.8 Å². The molecule has 2 aromatic heterocycles. The zero-order valence-electron chi connectivity index (χ0n) is 16.2. The molecule has 0 bridgehead atoms. The molecule has 0 fully saturated rings. The highest BCUT2D eigenvalue weighted by atomic mass is 35.5. The van der Waals surface area contributed by atoms with Crippen LogP contribution in [0.15, 0.2) is 41.4 Å². The van der Waals surface area contributed by atoms with Crippen LogP contribution in [-0.2, 0) is 27.4 Å². The summed E-state index contributed by atoms with van der Waals surface area (Å²) in [6.07, 6.45) is -4.72. The van der Waals surface area contributed by atoms with Crippen LogP contribution in [0, 0.1) is 12.7 Å². The van der Waals surface area contributed by atoms with E-state index in [0.717, 1.165) is 18.4 Å². The minimum atomic E-state index is -4.62. The maximum atomic E-state index is 13.6. The summed E-state index contributed by atoms with van der Waals surface area (Å²) in [5.41, 5.74) is -0.536. The van der Waals surface area contributed by atoms with Crippen molar-refractivity contribution in [2.24, 2.45) is 0 Å². The van der Waals surface area contributed by atoms with E-state index in [9.17, 15) is 26.0 Å². The molecule has 3 aromatic rings. The molecule has 3 rings (SSSR count). The summed E-state index contributed by atoms with van der Waals surface area (Å²) in [5, 5.41) is -0.420. The number of halogens is 5. The Morgan fingerprint density at radius 1 is 1.19 bits per heavy atom. The smallest absolute Gasteiger partial charge is 0.359 e. The first-order valence-electron chi connectivity index (χ1n) is 8.72. The van der Waals surface area contributed by atoms with E-state index in [-0.39, 0.29) is 33.9 Å². The number of aryl methyl sites for hydroxylation is 1. The number of aromatic nitrogens is 3. The number of aromatic amines is 1. The monoisotopic (exact) mass is 477 g/mol. The molecule has 0 saturated carbocycles. The Labute approximate surface area is 180 Å². The lowest BCUT2D eigenvalue weighted by atomic mass is 10.1. The fourth-order valence-electron chi connectivity index (χ4n) is 2.85. The van der Waals surface area contributed by atoms with Gasteiger partial charge in [-0.15, -0.1) is 0 Å². The number of nitrogens with zero attached hydrogens (tertiary/aromatic N) is 2. The number of alkyl halides is 3. The normalized spacial score (nSPS) is 13.4. The van der Waals surface area contributed by atoms with Crippen LogP contribution < -0.4 is 0 Å². The van der Waals surface area contributed by atoms with Crippen LogP contribution in [0.4, 0.5) is 17.6 Å². The number of pyridine rings is 1. The number of ether oxygens (including phenoxy) is 1. The fraction of sp³-hybridized carbons (Fsp3) is 0.263. The standard InChI is InChI=1S/C19H16ClF4N3O3S/c1-10-18(31(2,28)29)27-17(25-10)16(11-6-7-14(21)13(20)8-11)30-9-12-4-3-5-15(26-12)19(22,23)24/h3-8,16H,9H2,1-2H3,(H,25,27)/t16-/m0/s1. The van der Waals surface area contributed by atoms with Crippen molar-refractivity contribution in [2.45, 2.75) is 30.8 Å². The van der Waals surface area contributed by atoms with Crippen LogP contribution >= 0.6 is 11.6 Å². The number of rotatable bonds is 6. The molecule has 0 saturated heterocycles. The van der Waals surface area contributed by atoms with Gasteiger partial charge in [-0.1, -0.05) is 23.7 Å². The molecule has 1 atom stereocenters. The van der Waals surface area contributed by atoms with Crippen LogP contribution in [0.2, 0.25) is 5.02 Å². The van der Waals surface area contributed by atoms with Gasteiger partial charge in [0.2, 0.25) is 0 Å². The van der Waals surface area contributed by atoms with E-state index < -0.39 is 33.6 Å². The van der Waals surface area contributed by atoms with E-state index in [2.05, 4.69) is 15.0 Å². The lowest BCUT2D eigenvalue weighted by Gasteiger charge is -2.17. The molecule has 0 aliphatic heterocycles. The third-order valence-electron chi connectivity index (χ3n) is 4.20. The Morgan fingerprint density at radius 3 is 2.48 bits per heavy atom. The van der Waals surface area contributed by atoms with Crippen molar-refractivity contribution in [2.75, 3.05) is 6.26 Å². The van der Waals surface area contributed by atoms with Gasteiger partial charge in [0.25, 0.3) is 0 Å². The minimum absolute atomic E-state index is 0.0142. The summed E-state index contributed by atoms with van der Waals surface area (Å²) in [5.74, 6) is -0.622. The number of hydrogen-bond donors (Lipinski definition) is 1. The highest BCUT2D eigenvalue weighted by Gasteiger charge is 2.32. The highest BCUT2D eigenvalue weighted by molar-refractivity contribution is 7.90. The van der Waals surface area contributed by atoms with E-state index in [1.54, 1.807) is 0 Å². The van der Waals surface area contributed by atoms with Gasteiger partial charge in [-0.25, -0.2) is 22.8 Å². The number of hydrogen-bond acceptors (Lipinski definition) is 5. The zero-order chi connectivity index (χ0) is 23.0. The maximum Gasteiger partial charge on any atom is 0.433 e. The Balaban J connectivity index is 1.98. The third kappa shape index (κ3) is 5.41. The van der Waals surface area contributed by atoms with E-state index in [1.807, 2.05) is 0 Å². The molecule has 6 nitrogen and oxygen atoms in total. The fourth-order valence-corrected chi connectivity index (χ4v) is 3.91. The van der Waals surface area contributed by atoms with E-state index >= 15 is 0 Å². The second kappa shape index (κ2) is 8.56. The number of nitrogens with one attached hydrogen (secondary N) is 1. The second-order valence-corrected chi connectivity index (χ2v) is 9.04. The molecule has 166 valence electrons. The lowest BCUT2D eigenvalue weighted by Crippen LogP contribution is -2.12. The Kier molecular flexibility index (Phi) is 6.40. The van der Waals surface area contributed by atoms with E-state index in [0.29, 0.717) is 5.56 Å². The average molecular weight is 478 g/mol. The number of H-pyrrole nitrogens is 1. The lowest BCUT2D eigenvalue weighted by molar-refractivity contribution is -0.141. The van der Waals surface area contributed by atoms with Crippen LogP contribution in [-0.4, -0.2) is 29.6 Å². The molecule has 1 N–H and O–H groups in total. The predicted octanol–water partition coefficient (Wildman–Crippen LogP) is 4.63. The topological polar surface area (TPSA) is 84.9 Å². The molecule has 0 spiro atoms. The number of sulfone groups is 1. The van der Waals surface area contributed by atoms with Gasteiger partial charge in [0.15, 0.2) is 14.9 Å². The summed E-state index contributed by atoms with van der Waals surface area (Å²) >= 11 is 5.85. The van der Waals surface area contributed by atoms with Gasteiger partial charge in [0.1, 0.15) is 23.4 Å². The summed E-state index contributed by atoms with van der Waals surface area (Å²) in [7, 11) is -3.65. The number of benzene rings is 1. The first-order chi connectivity index (χ1) is 14.4. The van der Waals surface area contributed by atoms with Crippen LogP contribution in [0.3, 0.4) is 0 Å². The van der Waals surface area contributed by atoms with Crippen LogP contribution in [0.5, 0.6) is 0 Å². The van der Waals surface area contributed by atoms with Crippen LogP contribution in [0.1, 0.15) is 34.6 Å². The molecule has 1 aromatic carbocycles. The quantitative estimate of drug-likeness (QED) is 0.523. The number of imidazole rings is 1. The van der Waals surface area contributed by atoms with Gasteiger partial charge >= 0.3 is 6.18 Å². The predicted molar refractivity (Wildman–Crippen MR) is 104 cm³/mol. The maximum absolute atomic E-state index is 13.6. The SMILES string of the molecule is Cc1[nH]c([C@@H](OCc2cccc(C(F)(F)F)n2)c2ccc(F)c(Cl)c2)nc1S(C)(=O)=O. The summed E-state index contributed by atoms with van der Waals surface area (Å²) in [4.78, 5) is 10.4. The van der Waals surface area contributed by atoms with Crippen molar-refractivity contribution in [1.82, 2.24) is 15.0 Å². The van der Waals surface area contributed by atoms with Gasteiger partial charge in [0.05, 0.1) is 23.0 Å². The van der Waals surface area contributed by atoms with Crippen LogP contribution in [0.25, 0.3) is 0 Å². The van der Waals surface area contributed by atoms with Crippen molar-refractivity contribution in [3.63, 3.8) is 0 Å². The van der Waals surface area contributed by atoms with Crippen molar-refractivity contribution >= 4 is 21.4 Å². The Morgan fingerprint density at radius 2 is 1.90 bits per heavy atom. The summed E-state index contributed by atoms with van der Waals surface area (Å²) in [6.45, 7) is 1.13. The van der Waals surface area contributed by atoms with Gasteiger partial charge in [-0.2, -0.15) is 13.2 Å².